The first-order chi connectivity index (χ1) is 17.8. The number of hydrogen-bond donors (Lipinski definition) is 3. The van der Waals surface area contributed by atoms with Crippen molar-refractivity contribution in [2.45, 2.75) is 90.3 Å². The van der Waals surface area contributed by atoms with Crippen LogP contribution in [0.3, 0.4) is 0 Å². The van der Waals surface area contributed by atoms with Crippen molar-refractivity contribution >= 4 is 56.7 Å². The van der Waals surface area contributed by atoms with Crippen molar-refractivity contribution in [3.8, 4) is 0 Å². The molecule has 208 valence electrons. The van der Waals surface area contributed by atoms with E-state index in [1.165, 1.54) is 36.5 Å². The third kappa shape index (κ3) is 10.00. The lowest BCUT2D eigenvalue weighted by Crippen LogP contribution is -2.27. The molecule has 0 radical (unpaired) electrons. The minimum Gasteiger partial charge on any atom is -0.434 e. The number of aliphatic hydroxyl groups is 1. The summed E-state index contributed by atoms with van der Waals surface area (Å²) in [4.78, 5) is 47.5. The highest BCUT2D eigenvalue weighted by Crippen LogP contribution is 2.26. The Morgan fingerprint density at radius 1 is 0.974 bits per heavy atom. The van der Waals surface area contributed by atoms with E-state index in [1.54, 1.807) is 13.8 Å². The fraction of sp³-hybridized carbons (Fsp3) is 0.636. The number of carbonyl (C=O) groups excluding carboxylic acids is 4. The maximum Gasteiger partial charge on any atom is 0.338 e. The van der Waals surface area contributed by atoms with Crippen LogP contribution in [0.4, 0.5) is 10.3 Å². The monoisotopic (exact) mass is 570 g/mol. The molecule has 0 saturated carbocycles. The van der Waals surface area contributed by atoms with Crippen LogP contribution in [0.25, 0.3) is 0 Å². The fourth-order valence-corrected chi connectivity index (χ4v) is 4.87. The number of unbranched alkanes of at least 4 members (excludes halogenated alkanes) is 1. The van der Waals surface area contributed by atoms with Crippen molar-refractivity contribution in [1.82, 2.24) is 20.4 Å². The van der Waals surface area contributed by atoms with Crippen LogP contribution in [-0.4, -0.2) is 66.9 Å². The zero-order valence-corrected chi connectivity index (χ0v) is 23.1. The molecule has 38 heavy (non-hydrogen) atoms. The van der Waals surface area contributed by atoms with Crippen LogP contribution in [0.5, 0.6) is 0 Å². The summed E-state index contributed by atoms with van der Waals surface area (Å²) in [5, 5.41) is 32.9. The van der Waals surface area contributed by atoms with Gasteiger partial charge in [0, 0.05) is 47.0 Å². The van der Waals surface area contributed by atoms with Gasteiger partial charge >= 0.3 is 11.9 Å². The second-order valence-electron chi connectivity index (χ2n) is 9.36. The summed E-state index contributed by atoms with van der Waals surface area (Å²) in [7, 11) is 0. The van der Waals surface area contributed by atoms with E-state index in [9.17, 15) is 24.3 Å². The van der Waals surface area contributed by atoms with Crippen molar-refractivity contribution < 1.29 is 38.5 Å². The van der Waals surface area contributed by atoms with E-state index in [2.05, 4.69) is 31.0 Å². The number of aromatic nitrogens is 4. The molecule has 1 aliphatic heterocycles. The maximum atomic E-state index is 12.2. The predicted octanol–water partition coefficient (Wildman–Crippen LogP) is 1.95. The first-order valence-corrected chi connectivity index (χ1v) is 13.5. The first kappa shape index (κ1) is 29.5. The summed E-state index contributed by atoms with van der Waals surface area (Å²) >= 11 is 2.50. The van der Waals surface area contributed by atoms with Gasteiger partial charge in [-0.3, -0.25) is 14.4 Å². The van der Waals surface area contributed by atoms with Gasteiger partial charge in [-0.25, -0.2) is 4.79 Å². The largest absolute Gasteiger partial charge is 0.434 e. The molecule has 0 aromatic carbocycles. The van der Waals surface area contributed by atoms with Gasteiger partial charge in [0.2, 0.25) is 33.7 Å². The van der Waals surface area contributed by atoms with Crippen molar-refractivity contribution in [3.05, 3.63) is 10.0 Å². The number of ether oxygens (including phenoxy) is 3. The number of nitrogens with one attached hydrogen (secondary N) is 2. The van der Waals surface area contributed by atoms with Gasteiger partial charge in [0.15, 0.2) is 6.10 Å². The molecule has 2 aromatic heterocycles. The second-order valence-corrected chi connectivity index (χ2v) is 11.5. The molecule has 0 bridgehead atoms. The number of rotatable bonds is 13. The molecular weight excluding hydrogens is 540 g/mol. The minimum atomic E-state index is -1.59. The Bertz CT molecular complexity index is 1160. The summed E-state index contributed by atoms with van der Waals surface area (Å²) in [6, 6.07) is 0. The molecule has 3 rings (SSSR count). The lowest BCUT2D eigenvalue weighted by atomic mass is 10.2. The molecule has 1 aliphatic rings. The number of amides is 2. The number of esters is 2. The summed E-state index contributed by atoms with van der Waals surface area (Å²) in [6.07, 6.45) is 1.51. The second kappa shape index (κ2) is 12.6. The maximum absolute atomic E-state index is 12.2. The Morgan fingerprint density at radius 2 is 1.53 bits per heavy atom. The van der Waals surface area contributed by atoms with E-state index in [0.717, 1.165) is 22.9 Å². The van der Waals surface area contributed by atoms with Gasteiger partial charge in [-0.1, -0.05) is 22.7 Å². The molecule has 0 aliphatic carbocycles. The molecular formula is C22H30N6O8S2. The molecule has 1 saturated heterocycles. The number of carbonyl (C=O) groups is 4. The van der Waals surface area contributed by atoms with Crippen LogP contribution in [-0.2, 0) is 46.2 Å². The highest BCUT2D eigenvalue weighted by Gasteiger charge is 2.42. The number of cyclic esters (lactones) is 1. The summed E-state index contributed by atoms with van der Waals surface area (Å²) in [6.45, 7) is 5.86. The van der Waals surface area contributed by atoms with Crippen molar-refractivity contribution in [3.63, 3.8) is 0 Å². The number of nitrogens with zero attached hydrogens (tertiary/aromatic N) is 4. The lowest BCUT2D eigenvalue weighted by molar-refractivity contribution is -0.195. The Labute approximate surface area is 226 Å². The standard InChI is InChI=1S/C22H30N6O8S2/c1-21(2,33)35-17(31)10-9-13(29)23-19-27-25-15(37-19)7-5-6-8-16-26-28-20(38-16)24-14(30)11-12-18(32)36-22(3,4)34-12/h12,33H,5-11H2,1-4H3,(H,23,27,29)(H,24,28,30). The summed E-state index contributed by atoms with van der Waals surface area (Å²) < 4.78 is 15.2. The van der Waals surface area contributed by atoms with Crippen LogP contribution >= 0.6 is 22.7 Å². The Kier molecular flexibility index (Phi) is 9.81. The molecule has 14 nitrogen and oxygen atoms in total. The molecule has 1 unspecified atom stereocenters. The zero-order chi connectivity index (χ0) is 27.9. The zero-order valence-electron chi connectivity index (χ0n) is 21.4. The van der Waals surface area contributed by atoms with Gasteiger partial charge in [-0.2, -0.15) is 0 Å². The molecule has 2 aromatic rings. The van der Waals surface area contributed by atoms with Gasteiger partial charge in [0.25, 0.3) is 0 Å². The van der Waals surface area contributed by atoms with Gasteiger partial charge in [0.1, 0.15) is 10.0 Å². The molecule has 0 spiro atoms. The van der Waals surface area contributed by atoms with Gasteiger partial charge in [-0.15, -0.1) is 20.4 Å². The third-order valence-electron chi connectivity index (χ3n) is 4.78. The molecule has 1 fully saturated rings. The fourth-order valence-electron chi connectivity index (χ4n) is 3.28. The molecule has 16 heteroatoms. The molecule has 2 amide bonds. The van der Waals surface area contributed by atoms with E-state index in [-0.39, 0.29) is 19.3 Å². The number of anilines is 2. The van der Waals surface area contributed by atoms with Crippen molar-refractivity contribution in [2.24, 2.45) is 0 Å². The van der Waals surface area contributed by atoms with Crippen molar-refractivity contribution in [2.75, 3.05) is 10.6 Å². The summed E-state index contributed by atoms with van der Waals surface area (Å²) in [5.74, 6) is -4.70. The average Bonchev–Trinajstić information content (AvgIpc) is 3.48. The van der Waals surface area contributed by atoms with Gasteiger partial charge in [0.05, 0.1) is 12.8 Å². The van der Waals surface area contributed by atoms with E-state index in [0.29, 0.717) is 23.1 Å². The van der Waals surface area contributed by atoms with E-state index in [1.807, 2.05) is 0 Å². The average molecular weight is 571 g/mol. The Hall–Kier alpha value is -3.08. The topological polar surface area (TPSA) is 192 Å². The third-order valence-corrected chi connectivity index (χ3v) is 6.58. The first-order valence-electron chi connectivity index (χ1n) is 11.9. The normalized spacial score (nSPS) is 16.7. The van der Waals surface area contributed by atoms with Gasteiger partial charge < -0.3 is 30.0 Å². The van der Waals surface area contributed by atoms with Gasteiger partial charge in [-0.05, 0) is 12.8 Å². The highest BCUT2D eigenvalue weighted by atomic mass is 32.1. The number of hydrogen-bond acceptors (Lipinski definition) is 14. The highest BCUT2D eigenvalue weighted by molar-refractivity contribution is 7.15. The molecule has 1 atom stereocenters. The van der Waals surface area contributed by atoms with Crippen LogP contribution in [0.2, 0.25) is 0 Å². The summed E-state index contributed by atoms with van der Waals surface area (Å²) in [5.41, 5.74) is 0. The predicted molar refractivity (Wildman–Crippen MR) is 135 cm³/mol. The minimum absolute atomic E-state index is 0.104. The van der Waals surface area contributed by atoms with Crippen LogP contribution in [0.1, 0.15) is 69.8 Å². The van der Waals surface area contributed by atoms with E-state index in [4.69, 9.17) is 14.2 Å². The van der Waals surface area contributed by atoms with Crippen molar-refractivity contribution in [1.29, 1.82) is 0 Å². The molecule has 3 heterocycles. The smallest absolute Gasteiger partial charge is 0.338 e. The van der Waals surface area contributed by atoms with Crippen LogP contribution in [0, 0.1) is 0 Å². The lowest BCUT2D eigenvalue weighted by Gasteiger charge is -2.17. The Morgan fingerprint density at radius 3 is 2.03 bits per heavy atom. The molecule has 3 N–H and O–H groups in total. The van der Waals surface area contributed by atoms with E-state index >= 15 is 0 Å². The van der Waals surface area contributed by atoms with Crippen LogP contribution < -0.4 is 10.6 Å². The Balaban J connectivity index is 1.32. The number of aryl methyl sites for hydroxylation is 2. The SMILES string of the molecule is CC(C)(O)OC(=O)CCC(=O)Nc1nnc(CCCCc2nnc(NC(=O)CC3OC(C)(C)OC3=O)s2)s1. The van der Waals surface area contributed by atoms with Crippen LogP contribution in [0.15, 0.2) is 0 Å². The quantitative estimate of drug-likeness (QED) is 0.180. The van der Waals surface area contributed by atoms with E-state index < -0.39 is 41.4 Å².